The van der Waals surface area contributed by atoms with E-state index in [9.17, 15) is 9.59 Å². The van der Waals surface area contributed by atoms with Crippen molar-refractivity contribution in [2.45, 2.75) is 33.2 Å². The quantitative estimate of drug-likeness (QED) is 0.595. The van der Waals surface area contributed by atoms with Crippen molar-refractivity contribution in [1.82, 2.24) is 15.6 Å². The molecule has 8 heteroatoms. The van der Waals surface area contributed by atoms with Gasteiger partial charge in [-0.05, 0) is 20.3 Å². The molecule has 7 nitrogen and oxygen atoms in total. The zero-order chi connectivity index (χ0) is 15.1. The summed E-state index contributed by atoms with van der Waals surface area (Å²) in [6.45, 7) is 6.42. The van der Waals surface area contributed by atoms with E-state index >= 15 is 0 Å². The molecule has 5 N–H and O–H groups in total. The second kappa shape index (κ2) is 7.68. The predicted molar refractivity (Wildman–Crippen MR) is 80.9 cm³/mol. The highest BCUT2D eigenvalue weighted by molar-refractivity contribution is 7.18. The molecule has 20 heavy (non-hydrogen) atoms. The summed E-state index contributed by atoms with van der Waals surface area (Å²) in [5.41, 5.74) is 5.70. The largest absolute Gasteiger partial charge is 0.382 e. The first-order valence-corrected chi connectivity index (χ1v) is 7.33. The number of nitrogens with one attached hydrogen (secondary N) is 3. The Labute approximate surface area is 122 Å². The Morgan fingerprint density at radius 1 is 1.35 bits per heavy atom. The van der Waals surface area contributed by atoms with Crippen LogP contribution >= 0.6 is 11.3 Å². The lowest BCUT2D eigenvalue weighted by Crippen LogP contribution is -2.37. The summed E-state index contributed by atoms with van der Waals surface area (Å²) >= 11 is 1.17. The fraction of sp³-hybridized carbons (Fsp3) is 0.583. The van der Waals surface area contributed by atoms with Crippen LogP contribution in [0.5, 0.6) is 0 Å². The molecular formula is C12H21N5O2S. The van der Waals surface area contributed by atoms with Gasteiger partial charge in [0.05, 0.1) is 6.54 Å². The fourth-order valence-corrected chi connectivity index (χ4v) is 2.32. The Balaban J connectivity index is 2.55. The molecule has 0 bridgehead atoms. The Bertz CT molecular complexity index is 472. The zero-order valence-corrected chi connectivity index (χ0v) is 12.8. The summed E-state index contributed by atoms with van der Waals surface area (Å²) in [5.74, 6) is -0.433. The summed E-state index contributed by atoms with van der Waals surface area (Å²) in [6, 6.07) is 0.205. The molecule has 0 aromatic carbocycles. The minimum Gasteiger partial charge on any atom is -0.382 e. The Morgan fingerprint density at radius 3 is 2.65 bits per heavy atom. The average Bonchev–Trinajstić information content (AvgIpc) is 2.73. The highest BCUT2D eigenvalue weighted by Gasteiger charge is 2.17. The van der Waals surface area contributed by atoms with Gasteiger partial charge in [0, 0.05) is 12.6 Å². The number of amides is 2. The Kier molecular flexibility index (Phi) is 6.23. The van der Waals surface area contributed by atoms with E-state index in [1.807, 2.05) is 20.8 Å². The third-order valence-electron chi connectivity index (χ3n) is 2.25. The first kappa shape index (κ1) is 16.2. The first-order chi connectivity index (χ1) is 9.43. The molecule has 1 aromatic rings. The second-order valence-corrected chi connectivity index (χ2v) is 5.56. The van der Waals surface area contributed by atoms with Crippen LogP contribution in [0.1, 0.15) is 36.9 Å². The summed E-state index contributed by atoms with van der Waals surface area (Å²) in [6.07, 6.45) is 0.853. The Hall–Kier alpha value is -1.83. The predicted octanol–water partition coefficient (Wildman–Crippen LogP) is 0.802. The van der Waals surface area contributed by atoms with Crippen LogP contribution in [0.3, 0.4) is 0 Å². The summed E-state index contributed by atoms with van der Waals surface area (Å²) in [5, 5.41) is 8.88. The standard InChI is InChI=1S/C12H21N5O2S/c1-4-5-14-8(18)6-15-11(19)9-10(13)17-12(20-9)16-7(2)3/h7H,4-6,13H2,1-3H3,(H,14,18)(H,15,19)(H,16,17). The number of rotatable bonds is 7. The number of nitrogens with two attached hydrogens (primary N) is 1. The molecule has 0 unspecified atom stereocenters. The maximum Gasteiger partial charge on any atom is 0.265 e. The van der Waals surface area contributed by atoms with Crippen molar-refractivity contribution in [3.8, 4) is 0 Å². The van der Waals surface area contributed by atoms with Gasteiger partial charge in [0.25, 0.3) is 5.91 Å². The number of anilines is 2. The van der Waals surface area contributed by atoms with Gasteiger partial charge in [-0.25, -0.2) is 4.98 Å². The van der Waals surface area contributed by atoms with Gasteiger partial charge in [-0.2, -0.15) is 0 Å². The molecular weight excluding hydrogens is 278 g/mol. The van der Waals surface area contributed by atoms with Crippen LogP contribution in [0.25, 0.3) is 0 Å². The second-order valence-electron chi connectivity index (χ2n) is 4.57. The van der Waals surface area contributed by atoms with E-state index in [-0.39, 0.29) is 30.2 Å². The zero-order valence-electron chi connectivity index (χ0n) is 11.9. The average molecular weight is 299 g/mol. The van der Waals surface area contributed by atoms with Crippen molar-refractivity contribution in [2.75, 3.05) is 24.1 Å². The number of carbonyl (C=O) groups is 2. The van der Waals surface area contributed by atoms with E-state index in [0.717, 1.165) is 6.42 Å². The first-order valence-electron chi connectivity index (χ1n) is 6.51. The topological polar surface area (TPSA) is 109 Å². The molecule has 0 aliphatic rings. The maximum atomic E-state index is 11.9. The van der Waals surface area contributed by atoms with Gasteiger partial charge in [0.2, 0.25) is 5.91 Å². The van der Waals surface area contributed by atoms with Gasteiger partial charge in [-0.1, -0.05) is 18.3 Å². The van der Waals surface area contributed by atoms with Crippen LogP contribution in [0.15, 0.2) is 0 Å². The van der Waals surface area contributed by atoms with Gasteiger partial charge in [-0.3, -0.25) is 9.59 Å². The van der Waals surface area contributed by atoms with Crippen LogP contribution in [0.4, 0.5) is 10.9 Å². The van der Waals surface area contributed by atoms with Crippen molar-refractivity contribution in [2.24, 2.45) is 0 Å². The minimum absolute atomic E-state index is 0.0664. The van der Waals surface area contributed by atoms with E-state index < -0.39 is 0 Å². The number of nitrogens with zero attached hydrogens (tertiary/aromatic N) is 1. The molecule has 0 aliphatic carbocycles. The third-order valence-corrected chi connectivity index (χ3v) is 3.25. The smallest absolute Gasteiger partial charge is 0.265 e. The van der Waals surface area contributed by atoms with Crippen molar-refractivity contribution in [3.05, 3.63) is 4.88 Å². The van der Waals surface area contributed by atoms with Crippen LogP contribution in [-0.2, 0) is 4.79 Å². The van der Waals surface area contributed by atoms with E-state index in [4.69, 9.17) is 5.73 Å². The lowest BCUT2D eigenvalue weighted by Gasteiger charge is -2.05. The number of hydrogen-bond acceptors (Lipinski definition) is 6. The van der Waals surface area contributed by atoms with Gasteiger partial charge in [0.1, 0.15) is 10.7 Å². The Morgan fingerprint density at radius 2 is 2.05 bits per heavy atom. The number of thiazole rings is 1. The molecule has 0 saturated heterocycles. The van der Waals surface area contributed by atoms with Crippen LogP contribution in [0, 0.1) is 0 Å². The fourth-order valence-electron chi connectivity index (χ4n) is 1.37. The SMILES string of the molecule is CCCNC(=O)CNC(=O)c1sc(NC(C)C)nc1N. The van der Waals surface area contributed by atoms with Gasteiger partial charge < -0.3 is 21.7 Å². The van der Waals surface area contributed by atoms with Gasteiger partial charge in [0.15, 0.2) is 5.13 Å². The molecule has 0 fully saturated rings. The van der Waals surface area contributed by atoms with Crippen LogP contribution < -0.4 is 21.7 Å². The molecule has 1 rings (SSSR count). The molecule has 2 amide bonds. The number of aromatic nitrogens is 1. The highest BCUT2D eigenvalue weighted by atomic mass is 32.1. The van der Waals surface area contributed by atoms with E-state index in [0.29, 0.717) is 16.6 Å². The summed E-state index contributed by atoms with van der Waals surface area (Å²) in [4.78, 5) is 27.7. The molecule has 1 aromatic heterocycles. The van der Waals surface area contributed by atoms with Crippen molar-refractivity contribution < 1.29 is 9.59 Å². The van der Waals surface area contributed by atoms with E-state index in [1.54, 1.807) is 0 Å². The monoisotopic (exact) mass is 299 g/mol. The lowest BCUT2D eigenvalue weighted by atomic mass is 10.4. The summed E-state index contributed by atoms with van der Waals surface area (Å²) in [7, 11) is 0. The number of hydrogen-bond donors (Lipinski definition) is 4. The molecule has 0 aliphatic heterocycles. The lowest BCUT2D eigenvalue weighted by molar-refractivity contribution is -0.120. The van der Waals surface area contributed by atoms with E-state index in [1.165, 1.54) is 11.3 Å². The van der Waals surface area contributed by atoms with Gasteiger partial charge in [-0.15, -0.1) is 0 Å². The molecule has 112 valence electrons. The van der Waals surface area contributed by atoms with E-state index in [2.05, 4.69) is 20.9 Å². The summed E-state index contributed by atoms with van der Waals surface area (Å²) < 4.78 is 0. The number of nitrogen functional groups attached to an aromatic ring is 1. The third kappa shape index (κ3) is 5.04. The van der Waals surface area contributed by atoms with Crippen LogP contribution in [-0.4, -0.2) is 35.9 Å². The molecule has 0 spiro atoms. The highest BCUT2D eigenvalue weighted by Crippen LogP contribution is 2.25. The molecule has 0 radical (unpaired) electrons. The minimum atomic E-state index is -0.386. The van der Waals surface area contributed by atoms with Crippen molar-refractivity contribution in [1.29, 1.82) is 0 Å². The van der Waals surface area contributed by atoms with Crippen molar-refractivity contribution >= 4 is 34.1 Å². The normalized spacial score (nSPS) is 10.4. The molecule has 0 saturated carbocycles. The maximum absolute atomic E-state index is 11.9. The molecule has 1 heterocycles. The van der Waals surface area contributed by atoms with Crippen LogP contribution in [0.2, 0.25) is 0 Å². The van der Waals surface area contributed by atoms with Gasteiger partial charge >= 0.3 is 0 Å². The molecule has 0 atom stereocenters. The van der Waals surface area contributed by atoms with Crippen molar-refractivity contribution in [3.63, 3.8) is 0 Å². The number of carbonyl (C=O) groups excluding carboxylic acids is 2.